The maximum Gasteiger partial charge on any atom is 0.0794 e. The van der Waals surface area contributed by atoms with Gasteiger partial charge in [0.2, 0.25) is 0 Å². The Bertz CT molecular complexity index is 2160. The Morgan fingerprint density at radius 3 is 1.67 bits per heavy atom. The predicted molar refractivity (Wildman–Crippen MR) is 166 cm³/mol. The first-order chi connectivity index (χ1) is 19.2. The van der Waals surface area contributed by atoms with Crippen molar-refractivity contribution < 1.29 is 0 Å². The molecule has 0 saturated carbocycles. The van der Waals surface area contributed by atoms with Gasteiger partial charge in [0.1, 0.15) is 0 Å². The summed E-state index contributed by atoms with van der Waals surface area (Å²) in [4.78, 5) is 5.28. The zero-order chi connectivity index (χ0) is 26.1. The molecule has 8 aromatic rings. The molecule has 0 radical (unpaired) electrons. The van der Waals surface area contributed by atoms with Crippen LogP contribution in [0, 0.1) is 13.8 Å². The predicted octanol–water partition coefficient (Wildman–Crippen LogP) is 9.92. The highest BCUT2D eigenvalue weighted by atomic mass is 15.0. The van der Waals surface area contributed by atoms with Gasteiger partial charge in [0.15, 0.2) is 0 Å². The van der Waals surface area contributed by atoms with Crippen LogP contribution in [0.15, 0.2) is 121 Å². The van der Waals surface area contributed by atoms with Gasteiger partial charge in [-0.2, -0.15) is 0 Å². The Labute approximate surface area is 226 Å². The number of aromatic nitrogens is 2. The first-order valence-electron chi connectivity index (χ1n) is 13.5. The monoisotopic (exact) mass is 498 g/mol. The quantitative estimate of drug-likeness (QED) is 0.217. The highest BCUT2D eigenvalue weighted by Gasteiger charge is 2.15. The van der Waals surface area contributed by atoms with Crippen LogP contribution in [0.3, 0.4) is 0 Å². The summed E-state index contributed by atoms with van der Waals surface area (Å²) in [5, 5.41) is 8.73. The van der Waals surface area contributed by atoms with Gasteiger partial charge in [0, 0.05) is 32.8 Å². The molecule has 0 aliphatic carbocycles. The van der Waals surface area contributed by atoms with Crippen molar-refractivity contribution in [1.29, 1.82) is 0 Å². The van der Waals surface area contributed by atoms with E-state index in [9.17, 15) is 0 Å². The molecule has 0 aliphatic rings. The van der Waals surface area contributed by atoms with Crippen molar-refractivity contribution in [3.05, 3.63) is 132 Å². The van der Waals surface area contributed by atoms with Crippen LogP contribution < -0.4 is 0 Å². The molecular formula is C37H26N2. The minimum atomic E-state index is 0.984. The summed E-state index contributed by atoms with van der Waals surface area (Å²) in [5.41, 5.74) is 9.29. The Morgan fingerprint density at radius 1 is 0.462 bits per heavy atom. The Morgan fingerprint density at radius 2 is 1.03 bits per heavy atom. The average molecular weight is 499 g/mol. The van der Waals surface area contributed by atoms with Gasteiger partial charge in [0.05, 0.1) is 22.2 Å². The summed E-state index contributed by atoms with van der Waals surface area (Å²) in [6.07, 6.45) is 0. The maximum atomic E-state index is 5.28. The summed E-state index contributed by atoms with van der Waals surface area (Å²) in [6, 6.07) is 44.0. The van der Waals surface area contributed by atoms with E-state index in [0.29, 0.717) is 0 Å². The molecule has 2 aromatic heterocycles. The van der Waals surface area contributed by atoms with Crippen LogP contribution in [-0.2, 0) is 0 Å². The summed E-state index contributed by atoms with van der Waals surface area (Å²) in [6.45, 7) is 4.33. The van der Waals surface area contributed by atoms with Crippen LogP contribution in [0.1, 0.15) is 11.1 Å². The van der Waals surface area contributed by atoms with Crippen molar-refractivity contribution in [3.8, 4) is 16.9 Å². The molecule has 0 amide bonds. The number of hydrogen-bond acceptors (Lipinski definition) is 1. The molecule has 8 rings (SSSR count). The van der Waals surface area contributed by atoms with Crippen LogP contribution in [0.4, 0.5) is 0 Å². The van der Waals surface area contributed by atoms with E-state index in [1.54, 1.807) is 0 Å². The van der Waals surface area contributed by atoms with E-state index in [1.165, 1.54) is 59.9 Å². The standard InChI is InChI=1S/C37H26N2/c1-23-14-18-35-32(20-23)33-21-24(2)15-19-36(33)39(35)26-9-7-8-25(22-26)34-17-16-31-29-12-4-3-10-27(29)28-11-5-6-13-30(28)37(31)38-34/h3-22H,1-2H3. The Balaban J connectivity index is 1.37. The van der Waals surface area contributed by atoms with E-state index < -0.39 is 0 Å². The lowest BCUT2D eigenvalue weighted by molar-refractivity contribution is 1.18. The number of benzene rings is 6. The van der Waals surface area contributed by atoms with Crippen molar-refractivity contribution in [2.75, 3.05) is 0 Å². The zero-order valence-electron chi connectivity index (χ0n) is 21.9. The zero-order valence-corrected chi connectivity index (χ0v) is 21.9. The fourth-order valence-electron chi connectivity index (χ4n) is 6.25. The molecule has 0 spiro atoms. The van der Waals surface area contributed by atoms with Gasteiger partial charge in [-0.05, 0) is 78.5 Å². The van der Waals surface area contributed by atoms with Gasteiger partial charge in [-0.25, -0.2) is 4.98 Å². The molecular weight excluding hydrogens is 472 g/mol. The van der Waals surface area contributed by atoms with Crippen molar-refractivity contribution in [2.24, 2.45) is 0 Å². The van der Waals surface area contributed by atoms with Crippen molar-refractivity contribution in [3.63, 3.8) is 0 Å². The van der Waals surface area contributed by atoms with E-state index in [-0.39, 0.29) is 0 Å². The fraction of sp³-hybridized carbons (Fsp3) is 0.0541. The molecule has 6 aromatic carbocycles. The lowest BCUT2D eigenvalue weighted by atomic mass is 9.96. The second-order valence-corrected chi connectivity index (χ2v) is 10.6. The summed E-state index contributed by atoms with van der Waals surface area (Å²) in [7, 11) is 0. The summed E-state index contributed by atoms with van der Waals surface area (Å²) >= 11 is 0. The summed E-state index contributed by atoms with van der Waals surface area (Å²) in [5.74, 6) is 0. The van der Waals surface area contributed by atoms with Gasteiger partial charge in [-0.3, -0.25) is 0 Å². The second-order valence-electron chi connectivity index (χ2n) is 10.6. The van der Waals surface area contributed by atoms with Crippen LogP contribution in [0.25, 0.3) is 71.2 Å². The number of pyridine rings is 1. The van der Waals surface area contributed by atoms with E-state index in [0.717, 1.165) is 22.5 Å². The third-order valence-electron chi connectivity index (χ3n) is 8.06. The molecule has 0 atom stereocenters. The van der Waals surface area contributed by atoms with Crippen LogP contribution in [-0.4, -0.2) is 9.55 Å². The van der Waals surface area contributed by atoms with E-state index in [2.05, 4.69) is 140 Å². The van der Waals surface area contributed by atoms with Crippen molar-refractivity contribution in [2.45, 2.75) is 13.8 Å². The van der Waals surface area contributed by atoms with Crippen LogP contribution >= 0.6 is 0 Å². The molecule has 2 heteroatoms. The van der Waals surface area contributed by atoms with Crippen LogP contribution in [0.2, 0.25) is 0 Å². The first-order valence-corrected chi connectivity index (χ1v) is 13.5. The number of fused-ring (bicyclic) bond motifs is 9. The minimum absolute atomic E-state index is 0.984. The molecule has 0 N–H and O–H groups in total. The number of aryl methyl sites for hydroxylation is 2. The van der Waals surface area contributed by atoms with Crippen LogP contribution in [0.5, 0.6) is 0 Å². The molecule has 0 bridgehead atoms. The molecule has 0 unspecified atom stereocenters. The summed E-state index contributed by atoms with van der Waals surface area (Å²) < 4.78 is 2.39. The lowest BCUT2D eigenvalue weighted by Crippen LogP contribution is -1.95. The molecule has 39 heavy (non-hydrogen) atoms. The van der Waals surface area contributed by atoms with Gasteiger partial charge >= 0.3 is 0 Å². The second kappa shape index (κ2) is 8.28. The lowest BCUT2D eigenvalue weighted by Gasteiger charge is -2.13. The molecule has 184 valence electrons. The Kier molecular flexibility index (Phi) is 4.68. The molecule has 0 fully saturated rings. The SMILES string of the molecule is Cc1ccc2c(c1)c1cc(C)ccc1n2-c1cccc(-c2ccc3c4ccccc4c4ccccc4c3n2)c1. The molecule has 2 heterocycles. The van der Waals surface area contributed by atoms with Gasteiger partial charge in [-0.15, -0.1) is 0 Å². The molecule has 0 aliphatic heterocycles. The molecule has 2 nitrogen and oxygen atoms in total. The fourth-order valence-corrected chi connectivity index (χ4v) is 6.25. The Hall–Kier alpha value is -4.95. The van der Waals surface area contributed by atoms with Gasteiger partial charge in [0.25, 0.3) is 0 Å². The minimum Gasteiger partial charge on any atom is -0.309 e. The van der Waals surface area contributed by atoms with E-state index >= 15 is 0 Å². The normalized spacial score (nSPS) is 11.8. The highest BCUT2D eigenvalue weighted by molar-refractivity contribution is 6.24. The van der Waals surface area contributed by atoms with Crippen molar-refractivity contribution >= 4 is 54.3 Å². The van der Waals surface area contributed by atoms with E-state index in [4.69, 9.17) is 4.98 Å². The smallest absolute Gasteiger partial charge is 0.0794 e. The van der Waals surface area contributed by atoms with Gasteiger partial charge in [-0.1, -0.05) is 83.9 Å². The average Bonchev–Trinajstić information content (AvgIpc) is 3.29. The molecule has 0 saturated heterocycles. The third-order valence-corrected chi connectivity index (χ3v) is 8.06. The highest BCUT2D eigenvalue weighted by Crippen LogP contribution is 2.37. The van der Waals surface area contributed by atoms with Gasteiger partial charge < -0.3 is 4.57 Å². The largest absolute Gasteiger partial charge is 0.309 e. The number of hydrogen-bond donors (Lipinski definition) is 0. The van der Waals surface area contributed by atoms with Crippen molar-refractivity contribution in [1.82, 2.24) is 9.55 Å². The maximum absolute atomic E-state index is 5.28. The topological polar surface area (TPSA) is 17.8 Å². The number of rotatable bonds is 2. The first kappa shape index (κ1) is 22.1. The number of nitrogens with zero attached hydrogens (tertiary/aromatic N) is 2. The third kappa shape index (κ3) is 3.31. The van der Waals surface area contributed by atoms with E-state index in [1.807, 2.05) is 0 Å².